The van der Waals surface area contributed by atoms with Crippen molar-refractivity contribution < 1.29 is 9.59 Å². The first-order valence-corrected chi connectivity index (χ1v) is 10.4. The Morgan fingerprint density at radius 2 is 1.71 bits per heavy atom. The van der Waals surface area contributed by atoms with Crippen LogP contribution in [-0.2, 0) is 4.79 Å². The first kappa shape index (κ1) is 19.1. The third-order valence-electron chi connectivity index (χ3n) is 6.02. The highest BCUT2D eigenvalue weighted by Gasteiger charge is 2.39. The third-order valence-corrected chi connectivity index (χ3v) is 6.02. The van der Waals surface area contributed by atoms with Gasteiger partial charge in [-0.15, -0.1) is 0 Å². The Labute approximate surface area is 180 Å². The summed E-state index contributed by atoms with van der Waals surface area (Å²) in [6.45, 7) is 2.34. The molecule has 154 valence electrons. The second-order valence-corrected chi connectivity index (χ2v) is 8.03. The molecule has 1 aromatic heterocycles. The quantitative estimate of drug-likeness (QED) is 0.507. The lowest BCUT2D eigenvalue weighted by Gasteiger charge is -2.26. The van der Waals surface area contributed by atoms with Crippen molar-refractivity contribution in [2.24, 2.45) is 5.73 Å². The van der Waals surface area contributed by atoms with Gasteiger partial charge < -0.3 is 15.6 Å². The number of benzene rings is 3. The van der Waals surface area contributed by atoms with Crippen LogP contribution in [0.25, 0.3) is 22.2 Å². The molecule has 0 spiro atoms. The number of primary amides is 1. The molecule has 1 aliphatic heterocycles. The van der Waals surface area contributed by atoms with E-state index in [1.54, 1.807) is 4.90 Å². The number of H-pyrrole nitrogens is 1. The van der Waals surface area contributed by atoms with E-state index in [0.717, 1.165) is 33.3 Å². The number of aromatic amines is 1. The van der Waals surface area contributed by atoms with E-state index in [2.05, 4.69) is 42.2 Å². The largest absolute Gasteiger partial charge is 0.370 e. The van der Waals surface area contributed by atoms with Gasteiger partial charge in [-0.2, -0.15) is 0 Å². The minimum Gasteiger partial charge on any atom is -0.370 e. The number of aromatic nitrogens is 1. The van der Waals surface area contributed by atoms with E-state index < -0.39 is 5.91 Å². The monoisotopic (exact) mass is 409 g/mol. The number of nitrogens with two attached hydrogens (primary N) is 1. The molecule has 1 atom stereocenters. The maximum atomic E-state index is 13.3. The van der Waals surface area contributed by atoms with E-state index in [1.807, 2.05) is 42.5 Å². The summed E-state index contributed by atoms with van der Waals surface area (Å²) in [6, 6.07) is 23.9. The normalized spacial score (nSPS) is 15.5. The van der Waals surface area contributed by atoms with E-state index in [4.69, 9.17) is 5.73 Å². The summed E-state index contributed by atoms with van der Waals surface area (Å²) in [5, 5.41) is 1.07. The molecule has 5 nitrogen and oxygen atoms in total. The minimum absolute atomic E-state index is 0.0676. The van der Waals surface area contributed by atoms with Gasteiger partial charge in [0.2, 0.25) is 5.91 Å². The Hall–Kier alpha value is -3.86. The molecule has 4 aromatic rings. The highest BCUT2D eigenvalue weighted by atomic mass is 16.2. The fourth-order valence-electron chi connectivity index (χ4n) is 4.54. The van der Waals surface area contributed by atoms with Gasteiger partial charge in [0.1, 0.15) is 0 Å². The fourth-order valence-corrected chi connectivity index (χ4v) is 4.54. The zero-order chi connectivity index (χ0) is 21.5. The Bertz CT molecular complexity index is 1300. The fraction of sp³-hybridized carbons (Fsp3) is 0.154. The molecule has 5 rings (SSSR count). The Kier molecular flexibility index (Phi) is 4.59. The number of rotatable bonds is 5. The van der Waals surface area contributed by atoms with Gasteiger partial charge in [-0.3, -0.25) is 9.59 Å². The molecule has 1 aliphatic rings. The van der Waals surface area contributed by atoms with Crippen LogP contribution in [0.4, 0.5) is 0 Å². The van der Waals surface area contributed by atoms with Gasteiger partial charge in [0.15, 0.2) is 0 Å². The number of para-hydroxylation sites is 1. The van der Waals surface area contributed by atoms with Crippen LogP contribution in [0.15, 0.2) is 72.8 Å². The number of fused-ring (bicyclic) bond motifs is 2. The summed E-state index contributed by atoms with van der Waals surface area (Å²) >= 11 is 0. The first-order valence-electron chi connectivity index (χ1n) is 10.4. The number of aryl methyl sites for hydroxylation is 1. The van der Waals surface area contributed by atoms with Crippen LogP contribution in [-0.4, -0.2) is 28.2 Å². The highest BCUT2D eigenvalue weighted by molar-refractivity contribution is 6.02. The molecule has 2 amide bonds. The zero-order valence-corrected chi connectivity index (χ0v) is 17.3. The Morgan fingerprint density at radius 3 is 2.48 bits per heavy atom. The van der Waals surface area contributed by atoms with Crippen LogP contribution >= 0.6 is 0 Å². The van der Waals surface area contributed by atoms with Gasteiger partial charge >= 0.3 is 0 Å². The second-order valence-electron chi connectivity index (χ2n) is 8.03. The van der Waals surface area contributed by atoms with Crippen LogP contribution in [0.1, 0.15) is 39.5 Å². The molecular formula is C26H23N3O2. The summed E-state index contributed by atoms with van der Waals surface area (Å²) in [7, 11) is 0. The molecule has 0 unspecified atom stereocenters. The van der Waals surface area contributed by atoms with E-state index in [0.29, 0.717) is 5.56 Å². The summed E-state index contributed by atoms with van der Waals surface area (Å²) in [6.07, 6.45) is 0.123. The second kappa shape index (κ2) is 7.43. The van der Waals surface area contributed by atoms with Crippen molar-refractivity contribution in [2.45, 2.75) is 19.4 Å². The molecule has 31 heavy (non-hydrogen) atoms. The predicted molar refractivity (Wildman–Crippen MR) is 122 cm³/mol. The van der Waals surface area contributed by atoms with Crippen molar-refractivity contribution in [3.05, 3.63) is 95.1 Å². The first-order chi connectivity index (χ1) is 15.0. The van der Waals surface area contributed by atoms with Gasteiger partial charge in [0.25, 0.3) is 5.91 Å². The SMILES string of the molecule is Cc1ccc(-c2[nH]c3ccccc3c2[C@H]2c3ccccc3C(=O)N2CCC(N)=O)cc1. The summed E-state index contributed by atoms with van der Waals surface area (Å²) < 4.78 is 0. The molecule has 0 saturated heterocycles. The number of hydrogen-bond donors (Lipinski definition) is 2. The van der Waals surface area contributed by atoms with Crippen molar-refractivity contribution in [3.63, 3.8) is 0 Å². The molecule has 3 aromatic carbocycles. The maximum Gasteiger partial charge on any atom is 0.255 e. The smallest absolute Gasteiger partial charge is 0.255 e. The molecule has 3 N–H and O–H groups in total. The molecule has 0 saturated carbocycles. The van der Waals surface area contributed by atoms with Gasteiger partial charge in [0, 0.05) is 35.0 Å². The van der Waals surface area contributed by atoms with Gasteiger partial charge in [-0.1, -0.05) is 66.2 Å². The maximum absolute atomic E-state index is 13.3. The van der Waals surface area contributed by atoms with E-state index in [9.17, 15) is 9.59 Å². The average molecular weight is 409 g/mol. The standard InChI is InChI=1S/C26H23N3O2/c1-16-10-12-17(13-11-16)24-23(20-8-4-5-9-21(20)28-24)25-18-6-2-3-7-19(18)26(31)29(25)15-14-22(27)30/h2-13,25,28H,14-15H2,1H3,(H2,27,30)/t25-/m1/s1. The number of carbonyl (C=O) groups excluding carboxylic acids is 2. The lowest BCUT2D eigenvalue weighted by Crippen LogP contribution is -2.32. The number of carbonyl (C=O) groups is 2. The minimum atomic E-state index is -0.416. The molecule has 0 aliphatic carbocycles. The Balaban J connectivity index is 1.76. The number of nitrogens with one attached hydrogen (secondary N) is 1. The van der Waals surface area contributed by atoms with Gasteiger partial charge in [-0.25, -0.2) is 0 Å². The van der Waals surface area contributed by atoms with Crippen LogP contribution < -0.4 is 5.73 Å². The number of nitrogens with zero attached hydrogens (tertiary/aromatic N) is 1. The third kappa shape index (κ3) is 3.19. The van der Waals surface area contributed by atoms with Crippen LogP contribution in [0.5, 0.6) is 0 Å². The number of hydrogen-bond acceptors (Lipinski definition) is 2. The van der Waals surface area contributed by atoms with Gasteiger partial charge in [0.05, 0.1) is 11.7 Å². The number of amides is 2. The van der Waals surface area contributed by atoms with Crippen molar-refractivity contribution in [3.8, 4) is 11.3 Å². The average Bonchev–Trinajstić information content (AvgIpc) is 3.28. The molecule has 0 radical (unpaired) electrons. The Morgan fingerprint density at radius 1 is 1.00 bits per heavy atom. The van der Waals surface area contributed by atoms with E-state index >= 15 is 0 Å². The molecule has 0 bridgehead atoms. The predicted octanol–water partition coefficient (Wildman–Crippen LogP) is 4.56. The van der Waals surface area contributed by atoms with Crippen molar-refractivity contribution in [1.29, 1.82) is 0 Å². The van der Waals surface area contributed by atoms with Crippen LogP contribution in [0.2, 0.25) is 0 Å². The van der Waals surface area contributed by atoms with Crippen LogP contribution in [0.3, 0.4) is 0 Å². The van der Waals surface area contributed by atoms with E-state index in [1.165, 1.54) is 5.56 Å². The van der Waals surface area contributed by atoms with Gasteiger partial charge in [-0.05, 0) is 30.2 Å². The molecule has 5 heteroatoms. The van der Waals surface area contributed by atoms with E-state index in [-0.39, 0.29) is 24.9 Å². The zero-order valence-electron chi connectivity index (χ0n) is 17.3. The van der Waals surface area contributed by atoms with Crippen LogP contribution in [0, 0.1) is 6.92 Å². The molecule has 0 fully saturated rings. The lowest BCUT2D eigenvalue weighted by molar-refractivity contribution is -0.118. The molecule has 2 heterocycles. The summed E-state index contributed by atoms with van der Waals surface area (Å²) in [5.41, 5.74) is 12.3. The molecular weight excluding hydrogens is 386 g/mol. The highest BCUT2D eigenvalue weighted by Crippen LogP contribution is 2.45. The summed E-state index contributed by atoms with van der Waals surface area (Å²) in [5.74, 6) is -0.484. The van der Waals surface area contributed by atoms with Crippen molar-refractivity contribution in [1.82, 2.24) is 9.88 Å². The topological polar surface area (TPSA) is 79.2 Å². The van der Waals surface area contributed by atoms with Crippen molar-refractivity contribution in [2.75, 3.05) is 6.54 Å². The summed E-state index contributed by atoms with van der Waals surface area (Å²) in [4.78, 5) is 30.2. The lowest BCUT2D eigenvalue weighted by atomic mass is 9.93. The van der Waals surface area contributed by atoms with Crippen molar-refractivity contribution >= 4 is 22.7 Å².